The van der Waals surface area contributed by atoms with Gasteiger partial charge < -0.3 is 29.5 Å². The SMILES string of the molecule is COCC1C(=O)N(CC2CCC(NCCN(C)C)CC2)CCN1C(=O)COc1ccc(Cl)s1. The van der Waals surface area contributed by atoms with E-state index in [0.717, 1.165) is 45.3 Å². The van der Waals surface area contributed by atoms with Gasteiger partial charge in [0.25, 0.3) is 5.91 Å². The first-order valence-electron chi connectivity index (χ1n) is 11.7. The molecule has 10 heteroatoms. The summed E-state index contributed by atoms with van der Waals surface area (Å²) in [6, 6.07) is 3.44. The fourth-order valence-electron chi connectivity index (χ4n) is 4.58. The summed E-state index contributed by atoms with van der Waals surface area (Å²) in [6.07, 6.45) is 4.54. The third kappa shape index (κ3) is 7.82. The molecule has 0 spiro atoms. The number of amides is 2. The van der Waals surface area contributed by atoms with Crippen LogP contribution in [0.1, 0.15) is 25.7 Å². The number of rotatable bonds is 11. The van der Waals surface area contributed by atoms with Crippen LogP contribution in [-0.4, -0.2) is 106 Å². The second-order valence-electron chi connectivity index (χ2n) is 9.16. The standard InChI is InChI=1S/C23H37ClN4O4S/c1-26(2)11-10-25-18-6-4-17(5-7-18)14-27-12-13-28(19(15-31-3)23(27)30)21(29)16-32-22-9-8-20(24)33-22/h8-9,17-19,25H,4-7,10-16H2,1-3H3. The molecule has 1 atom stereocenters. The highest BCUT2D eigenvalue weighted by atomic mass is 35.5. The summed E-state index contributed by atoms with van der Waals surface area (Å²) in [4.78, 5) is 31.8. The molecule has 1 saturated carbocycles. The number of piperazine rings is 1. The number of methoxy groups -OCH3 is 1. The Morgan fingerprint density at radius 3 is 2.64 bits per heavy atom. The number of carbonyl (C=O) groups excluding carboxylic acids is 2. The van der Waals surface area contributed by atoms with E-state index in [1.54, 1.807) is 24.1 Å². The summed E-state index contributed by atoms with van der Waals surface area (Å²) in [5.74, 6) is 0.277. The van der Waals surface area contributed by atoms with Crippen molar-refractivity contribution in [3.63, 3.8) is 0 Å². The average Bonchev–Trinajstić information content (AvgIpc) is 3.21. The van der Waals surface area contributed by atoms with E-state index in [2.05, 4.69) is 24.3 Å². The Labute approximate surface area is 206 Å². The largest absolute Gasteiger partial charge is 0.474 e. The Bertz CT molecular complexity index is 769. The molecular weight excluding hydrogens is 464 g/mol. The third-order valence-electron chi connectivity index (χ3n) is 6.43. The summed E-state index contributed by atoms with van der Waals surface area (Å²) in [5.41, 5.74) is 0. The van der Waals surface area contributed by atoms with Crippen LogP contribution in [0.4, 0.5) is 0 Å². The quantitative estimate of drug-likeness (QED) is 0.502. The van der Waals surface area contributed by atoms with E-state index >= 15 is 0 Å². The number of hydrogen-bond donors (Lipinski definition) is 1. The molecule has 2 heterocycles. The van der Waals surface area contributed by atoms with Crippen molar-refractivity contribution < 1.29 is 19.1 Å². The van der Waals surface area contributed by atoms with E-state index in [-0.39, 0.29) is 25.0 Å². The van der Waals surface area contributed by atoms with Gasteiger partial charge in [-0.05, 0) is 57.8 Å². The van der Waals surface area contributed by atoms with Crippen molar-refractivity contribution in [2.45, 2.75) is 37.8 Å². The highest BCUT2D eigenvalue weighted by Crippen LogP contribution is 2.29. The lowest BCUT2D eigenvalue weighted by Crippen LogP contribution is -2.61. The molecule has 2 aliphatic rings. The van der Waals surface area contributed by atoms with Crippen LogP contribution in [0, 0.1) is 5.92 Å². The van der Waals surface area contributed by atoms with Crippen LogP contribution in [-0.2, 0) is 14.3 Å². The first-order chi connectivity index (χ1) is 15.9. The van der Waals surface area contributed by atoms with Gasteiger partial charge in [-0.2, -0.15) is 0 Å². The zero-order valence-electron chi connectivity index (χ0n) is 19.9. The van der Waals surface area contributed by atoms with Gasteiger partial charge in [-0.15, -0.1) is 0 Å². The molecule has 0 bridgehead atoms. The molecule has 1 N–H and O–H groups in total. The second-order valence-corrected chi connectivity index (χ2v) is 10.8. The molecule has 3 rings (SSSR count). The van der Waals surface area contributed by atoms with Gasteiger partial charge in [-0.3, -0.25) is 9.59 Å². The average molecular weight is 501 g/mol. The molecule has 1 aliphatic carbocycles. The maximum absolute atomic E-state index is 13.2. The molecule has 1 saturated heterocycles. The Hall–Kier alpha value is -1.39. The number of hydrogen-bond acceptors (Lipinski definition) is 7. The van der Waals surface area contributed by atoms with Crippen molar-refractivity contribution >= 4 is 34.8 Å². The van der Waals surface area contributed by atoms with E-state index in [1.807, 2.05) is 4.90 Å². The first kappa shape index (κ1) is 26.2. The maximum Gasteiger partial charge on any atom is 0.261 e. The fourth-order valence-corrected chi connectivity index (χ4v) is 5.45. The molecular formula is C23H37ClN4O4S. The summed E-state index contributed by atoms with van der Waals surface area (Å²) in [6.45, 7) is 3.94. The van der Waals surface area contributed by atoms with Gasteiger partial charge in [0.2, 0.25) is 5.91 Å². The highest BCUT2D eigenvalue weighted by Gasteiger charge is 2.38. The zero-order chi connectivity index (χ0) is 23.8. The van der Waals surface area contributed by atoms with E-state index in [9.17, 15) is 9.59 Å². The number of halogens is 1. The van der Waals surface area contributed by atoms with Gasteiger partial charge in [0, 0.05) is 45.9 Å². The number of nitrogens with zero attached hydrogens (tertiary/aromatic N) is 3. The summed E-state index contributed by atoms with van der Waals surface area (Å²) in [7, 11) is 5.74. The van der Waals surface area contributed by atoms with Gasteiger partial charge in [0.1, 0.15) is 6.04 Å². The molecule has 2 amide bonds. The predicted molar refractivity (Wildman–Crippen MR) is 131 cm³/mol. The molecule has 0 aromatic carbocycles. The van der Waals surface area contributed by atoms with Crippen molar-refractivity contribution in [3.8, 4) is 5.06 Å². The topological polar surface area (TPSA) is 74.4 Å². The lowest BCUT2D eigenvalue weighted by Gasteiger charge is -2.42. The van der Waals surface area contributed by atoms with E-state index in [4.69, 9.17) is 21.1 Å². The van der Waals surface area contributed by atoms with Crippen LogP contribution < -0.4 is 10.1 Å². The van der Waals surface area contributed by atoms with Gasteiger partial charge in [0.05, 0.1) is 10.9 Å². The normalized spacial score (nSPS) is 23.9. The van der Waals surface area contributed by atoms with Crippen molar-refractivity contribution in [2.24, 2.45) is 5.92 Å². The van der Waals surface area contributed by atoms with Crippen LogP contribution in [0.3, 0.4) is 0 Å². The molecule has 2 fully saturated rings. The number of ether oxygens (including phenoxy) is 2. The smallest absolute Gasteiger partial charge is 0.261 e. The first-order valence-corrected chi connectivity index (χ1v) is 12.9. The van der Waals surface area contributed by atoms with Crippen LogP contribution in [0.2, 0.25) is 4.34 Å². The van der Waals surface area contributed by atoms with Crippen molar-refractivity contribution in [1.29, 1.82) is 0 Å². The van der Waals surface area contributed by atoms with Gasteiger partial charge in [-0.25, -0.2) is 0 Å². The Morgan fingerprint density at radius 1 is 1.24 bits per heavy atom. The summed E-state index contributed by atoms with van der Waals surface area (Å²) < 4.78 is 11.5. The van der Waals surface area contributed by atoms with Gasteiger partial charge in [-0.1, -0.05) is 22.9 Å². The number of likely N-dealkylation sites (N-methyl/N-ethyl adjacent to an activating group) is 1. The molecule has 1 aromatic heterocycles. The van der Waals surface area contributed by atoms with Crippen molar-refractivity contribution in [2.75, 3.05) is 67.1 Å². The predicted octanol–water partition coefficient (Wildman–Crippen LogP) is 2.18. The van der Waals surface area contributed by atoms with E-state index in [0.29, 0.717) is 34.4 Å². The van der Waals surface area contributed by atoms with Crippen LogP contribution in [0.15, 0.2) is 12.1 Å². The minimum atomic E-state index is -0.601. The molecule has 1 aromatic rings. The summed E-state index contributed by atoms with van der Waals surface area (Å²) >= 11 is 7.20. The lowest BCUT2D eigenvalue weighted by atomic mass is 9.85. The Kier molecular flexibility index (Phi) is 10.2. The summed E-state index contributed by atoms with van der Waals surface area (Å²) in [5, 5.41) is 4.24. The minimum absolute atomic E-state index is 0.0261. The minimum Gasteiger partial charge on any atom is -0.474 e. The van der Waals surface area contributed by atoms with E-state index in [1.165, 1.54) is 11.3 Å². The number of carbonyl (C=O) groups is 2. The lowest BCUT2D eigenvalue weighted by molar-refractivity contribution is -0.155. The number of nitrogens with one attached hydrogen (secondary N) is 1. The molecule has 186 valence electrons. The Balaban J connectivity index is 1.47. The highest BCUT2D eigenvalue weighted by molar-refractivity contribution is 7.17. The van der Waals surface area contributed by atoms with Gasteiger partial charge in [0.15, 0.2) is 11.7 Å². The zero-order valence-corrected chi connectivity index (χ0v) is 21.5. The molecule has 1 unspecified atom stereocenters. The van der Waals surface area contributed by atoms with Crippen LogP contribution in [0.5, 0.6) is 5.06 Å². The number of thiophene rings is 1. The molecule has 1 aliphatic heterocycles. The van der Waals surface area contributed by atoms with Crippen LogP contribution >= 0.6 is 22.9 Å². The van der Waals surface area contributed by atoms with Gasteiger partial charge >= 0.3 is 0 Å². The maximum atomic E-state index is 13.2. The van der Waals surface area contributed by atoms with Crippen LogP contribution in [0.25, 0.3) is 0 Å². The second kappa shape index (κ2) is 12.9. The van der Waals surface area contributed by atoms with Crippen molar-refractivity contribution in [1.82, 2.24) is 20.0 Å². The monoisotopic (exact) mass is 500 g/mol. The Morgan fingerprint density at radius 2 is 2.00 bits per heavy atom. The third-order valence-corrected chi connectivity index (χ3v) is 7.58. The molecule has 0 radical (unpaired) electrons. The molecule has 8 nitrogen and oxygen atoms in total. The fraction of sp³-hybridized carbons (Fsp3) is 0.739. The van der Waals surface area contributed by atoms with E-state index < -0.39 is 6.04 Å². The van der Waals surface area contributed by atoms with Crippen molar-refractivity contribution in [3.05, 3.63) is 16.5 Å². The molecule has 33 heavy (non-hydrogen) atoms.